The Labute approximate surface area is 251 Å². The average molecular weight is 564 g/mol. The van der Waals surface area contributed by atoms with Crippen LogP contribution in [0.5, 0.6) is 0 Å². The average Bonchev–Trinajstić information content (AvgIpc) is 3.63. The van der Waals surface area contributed by atoms with Crippen LogP contribution in [0, 0.1) is 51.8 Å². The molecule has 0 radical (unpaired) electrons. The second-order valence-corrected chi connectivity index (χ2v) is 16.4. The number of nitrogens with one attached hydrogen (secondary N) is 1. The van der Waals surface area contributed by atoms with Gasteiger partial charge in [0.15, 0.2) is 0 Å². The van der Waals surface area contributed by atoms with E-state index in [0.29, 0.717) is 41.4 Å². The highest BCUT2D eigenvalue weighted by Gasteiger charge is 2.66. The molecular weight excluding hydrogens is 514 g/mol. The molecule has 42 heavy (non-hydrogen) atoms. The Balaban J connectivity index is 1.23. The van der Waals surface area contributed by atoms with Crippen LogP contribution in [0.25, 0.3) is 10.9 Å². The van der Waals surface area contributed by atoms with E-state index in [1.807, 2.05) is 6.20 Å². The molecule has 1 N–H and O–H groups in total. The lowest BCUT2D eigenvalue weighted by atomic mass is 9.37. The first-order valence-electron chi connectivity index (χ1n) is 16.8. The van der Waals surface area contributed by atoms with E-state index in [9.17, 15) is 4.79 Å². The van der Waals surface area contributed by atoms with Crippen LogP contribution in [0.15, 0.2) is 54.6 Å². The van der Waals surface area contributed by atoms with Crippen LogP contribution in [0.4, 0.5) is 0 Å². The number of carbonyl (C=O) groups is 1. The molecule has 0 spiro atoms. The number of imidazole rings is 1. The fraction of sp³-hybridized carbons (Fsp3) is 0.632. The number of hydrogen-bond acceptors (Lipinski definition) is 2. The molecule has 2 heterocycles. The largest absolute Gasteiger partial charge is 0.358 e. The van der Waals surface area contributed by atoms with Gasteiger partial charge in [0, 0.05) is 34.4 Å². The number of hydrogen-bond donors (Lipinski definition) is 1. The summed E-state index contributed by atoms with van der Waals surface area (Å²) in [6.45, 7) is 15.3. The van der Waals surface area contributed by atoms with Crippen molar-refractivity contribution in [3.05, 3.63) is 65.9 Å². The molecule has 3 saturated carbocycles. The summed E-state index contributed by atoms with van der Waals surface area (Å²) in [5.41, 5.74) is 6.41. The van der Waals surface area contributed by atoms with Crippen molar-refractivity contribution in [1.82, 2.24) is 14.5 Å². The van der Waals surface area contributed by atoms with Crippen LogP contribution in [-0.4, -0.2) is 20.4 Å². The lowest BCUT2D eigenvalue weighted by Crippen LogP contribution is -2.62. The number of benzene rings is 1. The van der Waals surface area contributed by atoms with Crippen molar-refractivity contribution in [2.75, 3.05) is 0 Å². The summed E-state index contributed by atoms with van der Waals surface area (Å²) >= 11 is 0. The SMILES string of the molecule is C[C@H]1[C@H]2C3=CC[C@H]4[C@@](C)(CC[C@H]5C(C)(C)c6[nH]c7ccccc7c6C[C@]45C)[C@@H]3CC[C@@]2(C(=O)n2ccnc2)CC[C@@H]1C. The van der Waals surface area contributed by atoms with Crippen molar-refractivity contribution < 1.29 is 4.79 Å². The van der Waals surface area contributed by atoms with Crippen LogP contribution in [0.3, 0.4) is 0 Å². The van der Waals surface area contributed by atoms with Crippen molar-refractivity contribution in [2.45, 2.75) is 98.3 Å². The van der Waals surface area contributed by atoms with Crippen LogP contribution >= 0.6 is 0 Å². The summed E-state index contributed by atoms with van der Waals surface area (Å²) in [5, 5.41) is 1.44. The van der Waals surface area contributed by atoms with E-state index in [1.54, 1.807) is 28.2 Å². The second kappa shape index (κ2) is 8.73. The first kappa shape index (κ1) is 27.0. The molecule has 0 bridgehead atoms. The summed E-state index contributed by atoms with van der Waals surface area (Å²) in [6, 6.07) is 8.99. The van der Waals surface area contributed by atoms with E-state index in [0.717, 1.165) is 32.1 Å². The lowest BCUT2D eigenvalue weighted by Gasteiger charge is -2.67. The number of aromatic amines is 1. The summed E-state index contributed by atoms with van der Waals surface area (Å²) in [7, 11) is 0. The van der Waals surface area contributed by atoms with Crippen LogP contribution in [0.2, 0.25) is 0 Å². The number of carbonyl (C=O) groups excluding carboxylic acids is 1. The molecule has 0 aliphatic heterocycles. The maximum atomic E-state index is 14.3. The number of aromatic nitrogens is 3. The van der Waals surface area contributed by atoms with Gasteiger partial charge in [0.1, 0.15) is 6.33 Å². The highest BCUT2D eigenvalue weighted by molar-refractivity contribution is 5.87. The molecule has 3 aromatic rings. The first-order chi connectivity index (χ1) is 20.0. The molecule has 5 aliphatic rings. The van der Waals surface area contributed by atoms with Crippen LogP contribution in [0.1, 0.15) is 103 Å². The Bertz CT molecular complexity index is 1590. The van der Waals surface area contributed by atoms with Gasteiger partial charge in [-0.15, -0.1) is 0 Å². The summed E-state index contributed by atoms with van der Waals surface area (Å²) < 4.78 is 1.80. The summed E-state index contributed by atoms with van der Waals surface area (Å²) in [5.74, 6) is 3.73. The van der Waals surface area contributed by atoms with Gasteiger partial charge in [-0.2, -0.15) is 0 Å². The Morgan fingerprint density at radius 1 is 0.976 bits per heavy atom. The fourth-order valence-electron chi connectivity index (χ4n) is 12.5. The number of allylic oxidation sites excluding steroid dienone is 2. The summed E-state index contributed by atoms with van der Waals surface area (Å²) in [6.07, 6.45) is 17.4. The third-order valence-corrected chi connectivity index (χ3v) is 14.5. The highest BCUT2D eigenvalue weighted by Crippen LogP contribution is 2.71. The molecule has 3 fully saturated rings. The van der Waals surface area contributed by atoms with E-state index < -0.39 is 0 Å². The van der Waals surface area contributed by atoms with Gasteiger partial charge in [0.25, 0.3) is 0 Å². The minimum atomic E-state index is -0.287. The zero-order chi connectivity index (χ0) is 29.2. The normalized spacial score (nSPS) is 42.0. The number of fused-ring (bicyclic) bond motifs is 10. The smallest absolute Gasteiger partial charge is 0.238 e. The lowest BCUT2D eigenvalue weighted by molar-refractivity contribution is -0.127. The molecule has 4 nitrogen and oxygen atoms in total. The number of H-pyrrole nitrogens is 1. The summed E-state index contributed by atoms with van der Waals surface area (Å²) in [4.78, 5) is 22.5. The Morgan fingerprint density at radius 2 is 1.76 bits per heavy atom. The number of para-hydroxylation sites is 1. The van der Waals surface area contributed by atoms with Gasteiger partial charge in [-0.05, 0) is 109 Å². The van der Waals surface area contributed by atoms with Crippen LogP contribution < -0.4 is 0 Å². The second-order valence-electron chi connectivity index (χ2n) is 16.4. The van der Waals surface area contributed by atoms with Crippen molar-refractivity contribution in [1.29, 1.82) is 0 Å². The minimum absolute atomic E-state index is 0.124. The molecule has 2 aromatic heterocycles. The third kappa shape index (κ3) is 3.25. The topological polar surface area (TPSA) is 50.7 Å². The molecule has 8 rings (SSSR count). The molecule has 4 heteroatoms. The molecular formula is C38H49N3O. The quantitative estimate of drug-likeness (QED) is 0.300. The van der Waals surface area contributed by atoms with Crippen molar-refractivity contribution in [3.63, 3.8) is 0 Å². The Hall–Kier alpha value is -2.62. The maximum Gasteiger partial charge on any atom is 0.238 e. The van der Waals surface area contributed by atoms with Gasteiger partial charge in [-0.25, -0.2) is 4.98 Å². The van der Waals surface area contributed by atoms with E-state index in [4.69, 9.17) is 0 Å². The van der Waals surface area contributed by atoms with Crippen molar-refractivity contribution in [3.8, 4) is 0 Å². The van der Waals surface area contributed by atoms with Gasteiger partial charge in [-0.1, -0.05) is 71.4 Å². The molecule has 9 atom stereocenters. The number of rotatable bonds is 1. The first-order valence-corrected chi connectivity index (χ1v) is 16.8. The Morgan fingerprint density at radius 3 is 2.55 bits per heavy atom. The molecule has 0 saturated heterocycles. The molecule has 5 aliphatic carbocycles. The van der Waals surface area contributed by atoms with E-state index in [1.165, 1.54) is 35.9 Å². The molecule has 222 valence electrons. The maximum absolute atomic E-state index is 14.3. The van der Waals surface area contributed by atoms with E-state index in [-0.39, 0.29) is 21.7 Å². The van der Waals surface area contributed by atoms with Gasteiger partial charge < -0.3 is 4.98 Å². The predicted octanol–water partition coefficient (Wildman–Crippen LogP) is 8.99. The molecule has 1 aromatic carbocycles. The minimum Gasteiger partial charge on any atom is -0.358 e. The zero-order valence-corrected chi connectivity index (χ0v) is 26.5. The van der Waals surface area contributed by atoms with Gasteiger partial charge in [-0.3, -0.25) is 9.36 Å². The fourth-order valence-corrected chi connectivity index (χ4v) is 12.5. The van der Waals surface area contributed by atoms with Gasteiger partial charge in [0.2, 0.25) is 5.91 Å². The van der Waals surface area contributed by atoms with E-state index >= 15 is 0 Å². The van der Waals surface area contributed by atoms with Gasteiger partial charge in [0.05, 0.1) is 5.41 Å². The standard InChI is InChI=1S/C38H49N3O/c1-23-13-17-38(34(42)41-20-19-39-22-41)18-14-28-26(32(38)24(23)2)11-12-31-36(28,5)16-15-30-35(3,4)33-27(21-37(30,31)6)25-9-7-8-10-29(25)40-33/h7-11,19-20,22-24,28,30-32,40H,12-18,21H2,1-6H3/t23-,24+,28+,30-,31-,32-,36-,37-,38-/m0/s1. The van der Waals surface area contributed by atoms with Crippen molar-refractivity contribution >= 4 is 16.8 Å². The van der Waals surface area contributed by atoms with E-state index in [2.05, 4.69) is 81.9 Å². The van der Waals surface area contributed by atoms with Crippen molar-refractivity contribution in [2.24, 2.45) is 51.8 Å². The number of nitrogens with zero attached hydrogens (tertiary/aromatic N) is 2. The third-order valence-electron chi connectivity index (χ3n) is 14.5. The zero-order valence-electron chi connectivity index (χ0n) is 26.5. The highest BCUT2D eigenvalue weighted by atomic mass is 16.2. The van der Waals surface area contributed by atoms with Gasteiger partial charge >= 0.3 is 0 Å². The molecule has 0 amide bonds. The molecule has 0 unspecified atom stereocenters. The predicted molar refractivity (Wildman–Crippen MR) is 169 cm³/mol. The monoisotopic (exact) mass is 563 g/mol. The Kier molecular flexibility index (Phi) is 5.60. The van der Waals surface area contributed by atoms with Crippen LogP contribution in [-0.2, 0) is 11.8 Å².